The summed E-state index contributed by atoms with van der Waals surface area (Å²) in [5, 5.41) is 7.60. The number of amidine groups is 1. The van der Waals surface area contributed by atoms with E-state index in [1.165, 1.54) is 5.56 Å². The molecule has 0 unspecified atom stereocenters. The number of nitrogen functional groups attached to an aromatic ring is 1. The van der Waals surface area contributed by atoms with Gasteiger partial charge in [-0.1, -0.05) is 19.1 Å². The molecule has 0 fully saturated rings. The molecule has 0 radical (unpaired) electrons. The first-order valence-corrected chi connectivity index (χ1v) is 6.43. The second-order valence-electron chi connectivity index (χ2n) is 4.38. The lowest BCUT2D eigenvalue weighted by Gasteiger charge is -2.12. The zero-order valence-electron chi connectivity index (χ0n) is 11.6. The van der Waals surface area contributed by atoms with Crippen LogP contribution in [0, 0.1) is 5.41 Å². The molecule has 4 heteroatoms. The summed E-state index contributed by atoms with van der Waals surface area (Å²) < 4.78 is 11.0. The zero-order valence-corrected chi connectivity index (χ0v) is 11.6. The number of methoxy groups -OCH3 is 1. The van der Waals surface area contributed by atoms with Crippen LogP contribution in [0.2, 0.25) is 0 Å². The minimum absolute atomic E-state index is 0.0331. The van der Waals surface area contributed by atoms with E-state index in [0.29, 0.717) is 17.1 Å². The fourth-order valence-electron chi connectivity index (χ4n) is 1.89. The lowest BCUT2D eigenvalue weighted by molar-refractivity contribution is 0.409. The third-order valence-corrected chi connectivity index (χ3v) is 3.01. The van der Waals surface area contributed by atoms with E-state index in [1.807, 2.05) is 24.3 Å². The molecule has 0 bridgehead atoms. The Hall–Kier alpha value is -2.49. The van der Waals surface area contributed by atoms with E-state index >= 15 is 0 Å². The van der Waals surface area contributed by atoms with Crippen molar-refractivity contribution in [1.82, 2.24) is 0 Å². The van der Waals surface area contributed by atoms with Gasteiger partial charge in [-0.15, -0.1) is 0 Å². The van der Waals surface area contributed by atoms with Gasteiger partial charge in [-0.3, -0.25) is 5.41 Å². The molecule has 0 spiro atoms. The Morgan fingerprint density at radius 1 is 1.15 bits per heavy atom. The van der Waals surface area contributed by atoms with Crippen molar-refractivity contribution >= 4 is 5.84 Å². The first kappa shape index (κ1) is 13.9. The first-order chi connectivity index (χ1) is 9.63. The van der Waals surface area contributed by atoms with E-state index < -0.39 is 0 Å². The van der Waals surface area contributed by atoms with Gasteiger partial charge in [0.25, 0.3) is 0 Å². The maximum Gasteiger partial charge on any atom is 0.142 e. The largest absolute Gasteiger partial charge is 0.497 e. The van der Waals surface area contributed by atoms with Crippen molar-refractivity contribution in [2.75, 3.05) is 7.11 Å². The maximum atomic E-state index is 7.60. The molecule has 2 rings (SSSR count). The molecule has 0 aliphatic carbocycles. The van der Waals surface area contributed by atoms with E-state index in [1.54, 1.807) is 25.3 Å². The number of aryl methyl sites for hydroxylation is 1. The van der Waals surface area contributed by atoms with Crippen LogP contribution in [-0.4, -0.2) is 12.9 Å². The Morgan fingerprint density at radius 2 is 1.95 bits per heavy atom. The SMILES string of the molecule is CCc1cccc(Oc2cc(OC)ccc2C(=N)N)c1. The molecule has 0 heterocycles. The van der Waals surface area contributed by atoms with Gasteiger partial charge >= 0.3 is 0 Å². The summed E-state index contributed by atoms with van der Waals surface area (Å²) in [6, 6.07) is 13.1. The summed E-state index contributed by atoms with van der Waals surface area (Å²) in [7, 11) is 1.59. The summed E-state index contributed by atoms with van der Waals surface area (Å²) in [5.41, 5.74) is 7.32. The van der Waals surface area contributed by atoms with Crippen LogP contribution in [-0.2, 0) is 6.42 Å². The highest BCUT2D eigenvalue weighted by Gasteiger charge is 2.10. The summed E-state index contributed by atoms with van der Waals surface area (Å²) in [4.78, 5) is 0. The predicted octanol–water partition coefficient (Wildman–Crippen LogP) is 3.33. The highest BCUT2D eigenvalue weighted by atomic mass is 16.5. The smallest absolute Gasteiger partial charge is 0.142 e. The van der Waals surface area contributed by atoms with Crippen LogP contribution in [0.25, 0.3) is 0 Å². The Morgan fingerprint density at radius 3 is 2.60 bits per heavy atom. The molecule has 0 saturated heterocycles. The Labute approximate surface area is 118 Å². The van der Waals surface area contributed by atoms with Crippen LogP contribution >= 0.6 is 0 Å². The average Bonchev–Trinajstić information content (AvgIpc) is 2.47. The summed E-state index contributed by atoms with van der Waals surface area (Å²) in [5.74, 6) is 1.87. The van der Waals surface area contributed by atoms with Gasteiger partial charge in [-0.2, -0.15) is 0 Å². The van der Waals surface area contributed by atoms with Crippen LogP contribution in [0.15, 0.2) is 42.5 Å². The summed E-state index contributed by atoms with van der Waals surface area (Å²) in [6.45, 7) is 2.09. The van der Waals surface area contributed by atoms with Crippen molar-refractivity contribution in [3.05, 3.63) is 53.6 Å². The second kappa shape index (κ2) is 6.10. The zero-order chi connectivity index (χ0) is 14.5. The van der Waals surface area contributed by atoms with Crippen LogP contribution in [0.3, 0.4) is 0 Å². The topological polar surface area (TPSA) is 68.3 Å². The third-order valence-electron chi connectivity index (χ3n) is 3.01. The van der Waals surface area contributed by atoms with Crippen molar-refractivity contribution < 1.29 is 9.47 Å². The van der Waals surface area contributed by atoms with Crippen molar-refractivity contribution in [3.8, 4) is 17.2 Å². The predicted molar refractivity (Wildman–Crippen MR) is 79.9 cm³/mol. The number of ether oxygens (including phenoxy) is 2. The molecule has 20 heavy (non-hydrogen) atoms. The number of hydrogen-bond acceptors (Lipinski definition) is 3. The third kappa shape index (κ3) is 3.09. The number of nitrogens with two attached hydrogens (primary N) is 1. The quantitative estimate of drug-likeness (QED) is 0.646. The monoisotopic (exact) mass is 270 g/mol. The Balaban J connectivity index is 2.37. The average molecular weight is 270 g/mol. The highest BCUT2D eigenvalue weighted by Crippen LogP contribution is 2.29. The van der Waals surface area contributed by atoms with E-state index in [0.717, 1.165) is 12.2 Å². The van der Waals surface area contributed by atoms with Crippen molar-refractivity contribution in [3.63, 3.8) is 0 Å². The van der Waals surface area contributed by atoms with Gasteiger partial charge in [0.1, 0.15) is 23.1 Å². The fourth-order valence-corrected chi connectivity index (χ4v) is 1.89. The standard InChI is InChI=1S/C16H18N2O2/c1-3-11-5-4-6-13(9-11)20-15-10-12(19-2)7-8-14(15)16(17)18/h4-10H,3H2,1-2H3,(H3,17,18). The molecule has 0 aromatic heterocycles. The van der Waals surface area contributed by atoms with Crippen molar-refractivity contribution in [2.24, 2.45) is 5.73 Å². The van der Waals surface area contributed by atoms with E-state index in [9.17, 15) is 0 Å². The van der Waals surface area contributed by atoms with Gasteiger partial charge in [0.05, 0.1) is 12.7 Å². The van der Waals surface area contributed by atoms with E-state index in [-0.39, 0.29) is 5.84 Å². The highest BCUT2D eigenvalue weighted by molar-refractivity contribution is 5.97. The number of benzene rings is 2. The van der Waals surface area contributed by atoms with Crippen LogP contribution in [0.1, 0.15) is 18.1 Å². The van der Waals surface area contributed by atoms with Crippen LogP contribution < -0.4 is 15.2 Å². The van der Waals surface area contributed by atoms with Crippen molar-refractivity contribution in [2.45, 2.75) is 13.3 Å². The number of rotatable bonds is 5. The normalized spacial score (nSPS) is 10.1. The van der Waals surface area contributed by atoms with Gasteiger partial charge in [-0.05, 0) is 36.2 Å². The molecule has 0 aliphatic rings. The molecule has 0 saturated carbocycles. The molecule has 104 valence electrons. The fraction of sp³-hybridized carbons (Fsp3) is 0.188. The molecule has 3 N–H and O–H groups in total. The molecular formula is C16H18N2O2. The lowest BCUT2D eigenvalue weighted by Crippen LogP contribution is -2.12. The molecular weight excluding hydrogens is 252 g/mol. The maximum absolute atomic E-state index is 7.60. The molecule has 0 amide bonds. The first-order valence-electron chi connectivity index (χ1n) is 6.43. The molecule has 0 atom stereocenters. The number of nitrogens with one attached hydrogen (secondary N) is 1. The second-order valence-corrected chi connectivity index (χ2v) is 4.38. The van der Waals surface area contributed by atoms with Crippen molar-refractivity contribution in [1.29, 1.82) is 5.41 Å². The number of hydrogen-bond donors (Lipinski definition) is 2. The Kier molecular flexibility index (Phi) is 4.25. The molecule has 0 aliphatic heterocycles. The molecule has 4 nitrogen and oxygen atoms in total. The van der Waals surface area contributed by atoms with E-state index in [2.05, 4.69) is 6.92 Å². The molecule has 2 aromatic rings. The van der Waals surface area contributed by atoms with Crippen LogP contribution in [0.4, 0.5) is 0 Å². The van der Waals surface area contributed by atoms with Gasteiger partial charge in [0, 0.05) is 6.07 Å². The van der Waals surface area contributed by atoms with Gasteiger partial charge < -0.3 is 15.2 Å². The lowest BCUT2D eigenvalue weighted by atomic mass is 10.1. The van der Waals surface area contributed by atoms with Gasteiger partial charge in [0.15, 0.2) is 0 Å². The van der Waals surface area contributed by atoms with E-state index in [4.69, 9.17) is 20.6 Å². The van der Waals surface area contributed by atoms with Gasteiger partial charge in [0.2, 0.25) is 0 Å². The van der Waals surface area contributed by atoms with Gasteiger partial charge in [-0.25, -0.2) is 0 Å². The Bertz CT molecular complexity index is 624. The summed E-state index contributed by atoms with van der Waals surface area (Å²) in [6.07, 6.45) is 0.939. The van der Waals surface area contributed by atoms with Crippen LogP contribution in [0.5, 0.6) is 17.2 Å². The summed E-state index contributed by atoms with van der Waals surface area (Å²) >= 11 is 0. The minimum Gasteiger partial charge on any atom is -0.497 e. The minimum atomic E-state index is -0.0331. The molecule has 2 aromatic carbocycles.